The molecule has 0 aliphatic rings. The van der Waals surface area contributed by atoms with Crippen LogP contribution in [0.5, 0.6) is 0 Å². The van der Waals surface area contributed by atoms with Gasteiger partial charge in [0, 0.05) is 12.6 Å². The lowest BCUT2D eigenvalue weighted by Gasteiger charge is -2.08. The van der Waals surface area contributed by atoms with Crippen molar-refractivity contribution in [2.75, 3.05) is 6.54 Å². The number of halogens is 3. The van der Waals surface area contributed by atoms with Gasteiger partial charge in [0.15, 0.2) is 0 Å². The first-order valence-corrected chi connectivity index (χ1v) is 4.40. The topological polar surface area (TPSA) is 55.1 Å². The fourth-order valence-corrected chi connectivity index (χ4v) is 0.896. The molecule has 6 heteroatoms. The first-order chi connectivity index (χ1) is 6.31. The molecule has 3 nitrogen and oxygen atoms in total. The largest absolute Gasteiger partial charge is 0.397 e. The average molecular weight is 212 g/mol. The Labute approximate surface area is 80.8 Å². The molecule has 3 N–H and O–H groups in total. The number of hydrogen-bond acceptors (Lipinski definition) is 2. The van der Waals surface area contributed by atoms with E-state index in [0.29, 0.717) is 12.8 Å². The Morgan fingerprint density at radius 2 is 2.07 bits per heavy atom. The molecular weight excluding hydrogens is 197 g/mol. The van der Waals surface area contributed by atoms with E-state index in [4.69, 9.17) is 5.73 Å². The van der Waals surface area contributed by atoms with Gasteiger partial charge in [-0.2, -0.15) is 13.2 Å². The maximum atomic E-state index is 11.7. The third-order valence-corrected chi connectivity index (χ3v) is 1.52. The summed E-state index contributed by atoms with van der Waals surface area (Å²) in [4.78, 5) is 10.6. The molecule has 0 heterocycles. The lowest BCUT2D eigenvalue weighted by atomic mass is 10.2. The van der Waals surface area contributed by atoms with Crippen LogP contribution in [0, 0.1) is 0 Å². The Kier molecular flexibility index (Phi) is 5.52. The van der Waals surface area contributed by atoms with Crippen LogP contribution >= 0.6 is 0 Å². The molecule has 0 aromatic heterocycles. The van der Waals surface area contributed by atoms with E-state index in [9.17, 15) is 18.0 Å². The van der Waals surface area contributed by atoms with Crippen LogP contribution in [0.3, 0.4) is 0 Å². The molecule has 1 atom stereocenters. The third-order valence-electron chi connectivity index (χ3n) is 1.52. The van der Waals surface area contributed by atoms with Gasteiger partial charge in [0.05, 0.1) is 0 Å². The van der Waals surface area contributed by atoms with Crippen molar-refractivity contribution in [3.8, 4) is 0 Å². The second-order valence-electron chi connectivity index (χ2n) is 3.26. The molecule has 84 valence electrons. The molecule has 1 unspecified atom stereocenters. The maximum Gasteiger partial charge on any atom is 0.397 e. The zero-order valence-corrected chi connectivity index (χ0v) is 8.03. The maximum absolute atomic E-state index is 11.7. The molecular formula is C8H15F3N2O. The number of rotatable bonds is 5. The third kappa shape index (κ3) is 9.31. The summed E-state index contributed by atoms with van der Waals surface area (Å²) in [5.41, 5.74) is 5.42. The molecule has 0 fully saturated rings. The molecule has 14 heavy (non-hydrogen) atoms. The van der Waals surface area contributed by atoms with Crippen LogP contribution in [-0.4, -0.2) is 24.7 Å². The second kappa shape index (κ2) is 5.85. The minimum absolute atomic E-state index is 0.00881. The van der Waals surface area contributed by atoms with E-state index in [1.165, 1.54) is 0 Å². The van der Waals surface area contributed by atoms with E-state index < -0.39 is 18.5 Å². The van der Waals surface area contributed by atoms with Crippen molar-refractivity contribution in [1.29, 1.82) is 0 Å². The Morgan fingerprint density at radius 1 is 1.50 bits per heavy atom. The molecule has 0 saturated carbocycles. The zero-order chi connectivity index (χ0) is 11.2. The van der Waals surface area contributed by atoms with Crippen molar-refractivity contribution >= 4 is 5.91 Å². The van der Waals surface area contributed by atoms with Crippen LogP contribution in [0.15, 0.2) is 0 Å². The molecule has 0 aliphatic carbocycles. The van der Waals surface area contributed by atoms with Gasteiger partial charge in [0.25, 0.3) is 0 Å². The molecule has 0 spiro atoms. The summed E-state index contributed by atoms with van der Waals surface area (Å²) < 4.78 is 35.0. The predicted molar refractivity (Wildman–Crippen MR) is 46.6 cm³/mol. The summed E-state index contributed by atoms with van der Waals surface area (Å²) in [6.45, 7) is 2.05. The van der Waals surface area contributed by atoms with E-state index in [0.717, 1.165) is 0 Å². The lowest BCUT2D eigenvalue weighted by molar-refractivity contribution is -0.153. The van der Waals surface area contributed by atoms with E-state index in [-0.39, 0.29) is 12.6 Å². The molecule has 0 bridgehead atoms. The van der Waals surface area contributed by atoms with Crippen LogP contribution in [0.4, 0.5) is 13.2 Å². The standard InChI is InChI=1S/C8H15F3N2O/c1-6(12)3-2-4-13-7(14)5-8(9,10)11/h6H,2-5,12H2,1H3,(H,13,14). The zero-order valence-electron chi connectivity index (χ0n) is 8.03. The number of hydrogen-bond donors (Lipinski definition) is 2. The van der Waals surface area contributed by atoms with Gasteiger partial charge in [-0.25, -0.2) is 0 Å². The highest BCUT2D eigenvalue weighted by Gasteiger charge is 2.30. The van der Waals surface area contributed by atoms with Crippen molar-refractivity contribution in [3.05, 3.63) is 0 Å². The Bertz CT molecular complexity index is 180. The molecule has 0 aromatic rings. The lowest BCUT2D eigenvalue weighted by Crippen LogP contribution is -2.30. The highest BCUT2D eigenvalue weighted by molar-refractivity contribution is 5.76. The highest BCUT2D eigenvalue weighted by atomic mass is 19.4. The van der Waals surface area contributed by atoms with Crippen LogP contribution in [-0.2, 0) is 4.79 Å². The summed E-state index contributed by atoms with van der Waals surface area (Å²) in [7, 11) is 0. The van der Waals surface area contributed by atoms with Crippen molar-refractivity contribution in [1.82, 2.24) is 5.32 Å². The van der Waals surface area contributed by atoms with Crippen molar-refractivity contribution in [2.45, 2.75) is 38.4 Å². The van der Waals surface area contributed by atoms with Gasteiger partial charge in [-0.3, -0.25) is 4.79 Å². The van der Waals surface area contributed by atoms with Crippen molar-refractivity contribution < 1.29 is 18.0 Å². The first-order valence-electron chi connectivity index (χ1n) is 4.40. The minimum Gasteiger partial charge on any atom is -0.356 e. The fourth-order valence-electron chi connectivity index (χ4n) is 0.896. The van der Waals surface area contributed by atoms with E-state index in [1.807, 2.05) is 0 Å². The molecule has 1 amide bonds. The number of nitrogens with two attached hydrogens (primary N) is 1. The summed E-state index contributed by atoms with van der Waals surface area (Å²) in [5.74, 6) is -0.984. The van der Waals surface area contributed by atoms with Gasteiger partial charge in [-0.1, -0.05) is 0 Å². The Morgan fingerprint density at radius 3 is 2.50 bits per heavy atom. The predicted octanol–water partition coefficient (Wildman–Crippen LogP) is 1.18. The van der Waals surface area contributed by atoms with Gasteiger partial charge < -0.3 is 11.1 Å². The smallest absolute Gasteiger partial charge is 0.356 e. The summed E-state index contributed by atoms with van der Waals surface area (Å²) in [5, 5.41) is 2.18. The summed E-state index contributed by atoms with van der Waals surface area (Å²) in [6, 6.07) is 0.00881. The number of carbonyl (C=O) groups excluding carboxylic acids is 1. The molecule has 0 radical (unpaired) electrons. The van der Waals surface area contributed by atoms with Gasteiger partial charge in [0.2, 0.25) is 5.91 Å². The van der Waals surface area contributed by atoms with Gasteiger partial charge in [0.1, 0.15) is 6.42 Å². The van der Waals surface area contributed by atoms with Crippen LogP contribution in [0.1, 0.15) is 26.2 Å². The Hall–Kier alpha value is -0.780. The molecule has 0 saturated heterocycles. The Balaban J connectivity index is 3.46. The van der Waals surface area contributed by atoms with Crippen LogP contribution < -0.4 is 11.1 Å². The fraction of sp³-hybridized carbons (Fsp3) is 0.875. The molecule has 0 aromatic carbocycles. The van der Waals surface area contributed by atoms with Crippen LogP contribution in [0.2, 0.25) is 0 Å². The number of carbonyl (C=O) groups is 1. The first kappa shape index (κ1) is 13.2. The van der Waals surface area contributed by atoms with Crippen LogP contribution in [0.25, 0.3) is 0 Å². The molecule has 0 rings (SSSR count). The van der Waals surface area contributed by atoms with Gasteiger partial charge in [-0.15, -0.1) is 0 Å². The minimum atomic E-state index is -4.43. The van der Waals surface area contributed by atoms with Crippen molar-refractivity contribution in [3.63, 3.8) is 0 Å². The average Bonchev–Trinajstić information content (AvgIpc) is 1.94. The van der Waals surface area contributed by atoms with E-state index >= 15 is 0 Å². The van der Waals surface area contributed by atoms with E-state index in [2.05, 4.69) is 5.32 Å². The van der Waals surface area contributed by atoms with Gasteiger partial charge >= 0.3 is 6.18 Å². The quantitative estimate of drug-likeness (QED) is 0.672. The molecule has 0 aliphatic heterocycles. The van der Waals surface area contributed by atoms with E-state index in [1.54, 1.807) is 6.92 Å². The number of nitrogens with one attached hydrogen (secondary N) is 1. The van der Waals surface area contributed by atoms with Crippen molar-refractivity contribution in [2.24, 2.45) is 5.73 Å². The summed E-state index contributed by atoms with van der Waals surface area (Å²) in [6.07, 6.45) is -4.55. The number of amides is 1. The SMILES string of the molecule is CC(N)CCCNC(=O)CC(F)(F)F. The summed E-state index contributed by atoms with van der Waals surface area (Å²) >= 11 is 0. The highest BCUT2D eigenvalue weighted by Crippen LogP contribution is 2.18. The van der Waals surface area contributed by atoms with Gasteiger partial charge in [-0.05, 0) is 19.8 Å². The monoisotopic (exact) mass is 212 g/mol. The second-order valence-corrected chi connectivity index (χ2v) is 3.26. The number of alkyl halides is 3. The normalized spacial score (nSPS) is 13.8.